The van der Waals surface area contributed by atoms with Crippen LogP contribution in [0.15, 0.2) is 77.7 Å². The molecule has 0 saturated heterocycles. The van der Waals surface area contributed by atoms with Crippen LogP contribution in [0, 0.1) is 0 Å². The van der Waals surface area contributed by atoms with Crippen LogP contribution in [-0.2, 0) is 15.6 Å². The number of anilines is 1. The summed E-state index contributed by atoms with van der Waals surface area (Å²) < 4.78 is 25.2. The molecule has 3 aromatic carbocycles. The summed E-state index contributed by atoms with van der Waals surface area (Å²) in [6.07, 6.45) is 0. The van der Waals surface area contributed by atoms with Gasteiger partial charge in [0.25, 0.3) is 5.91 Å². The Kier molecular flexibility index (Phi) is 6.77. The van der Waals surface area contributed by atoms with Crippen molar-refractivity contribution in [1.29, 1.82) is 0 Å². The fourth-order valence-electron chi connectivity index (χ4n) is 2.65. The normalized spacial score (nSPS) is 11.0. The largest absolute Gasteiger partial charge is 0.326 e. The van der Waals surface area contributed by atoms with E-state index >= 15 is 0 Å². The second kappa shape index (κ2) is 9.30. The van der Waals surface area contributed by atoms with E-state index in [-0.39, 0.29) is 16.2 Å². The third-order valence-electron chi connectivity index (χ3n) is 4.03. The highest BCUT2D eigenvalue weighted by Gasteiger charge is 2.17. The summed E-state index contributed by atoms with van der Waals surface area (Å²) in [6.45, 7) is 0. The van der Waals surface area contributed by atoms with Gasteiger partial charge < -0.3 is 5.32 Å². The number of sulfone groups is 1. The molecule has 9 heteroatoms. The predicted molar refractivity (Wildman–Crippen MR) is 117 cm³/mol. The summed E-state index contributed by atoms with van der Waals surface area (Å²) in [7, 11) is -3.62. The number of carbonyl (C=O) groups is 2. The molecule has 0 radical (unpaired) electrons. The van der Waals surface area contributed by atoms with Gasteiger partial charge in [0.2, 0.25) is 0 Å². The van der Waals surface area contributed by atoms with E-state index in [1.54, 1.807) is 30.3 Å². The van der Waals surface area contributed by atoms with Crippen LogP contribution in [0.4, 0.5) is 10.5 Å². The minimum Gasteiger partial charge on any atom is -0.308 e. The molecule has 0 atom stereocenters. The van der Waals surface area contributed by atoms with E-state index in [0.29, 0.717) is 21.3 Å². The van der Waals surface area contributed by atoms with Crippen molar-refractivity contribution in [2.75, 3.05) is 5.32 Å². The molecule has 0 aliphatic heterocycles. The lowest BCUT2D eigenvalue weighted by atomic mass is 10.1. The van der Waals surface area contributed by atoms with Crippen molar-refractivity contribution in [1.82, 2.24) is 5.32 Å². The Morgan fingerprint density at radius 3 is 2.23 bits per heavy atom. The third kappa shape index (κ3) is 5.82. The summed E-state index contributed by atoms with van der Waals surface area (Å²) in [5.41, 5.74) is 0.989. The molecule has 3 rings (SSSR count). The SMILES string of the molecule is O=C(NC(=O)c1cccc(CS(=O)(=O)c2ccc(Cl)cc2)c1)Nc1cccc(Cl)c1. The van der Waals surface area contributed by atoms with Crippen LogP contribution in [0.5, 0.6) is 0 Å². The average Bonchev–Trinajstić information content (AvgIpc) is 2.68. The lowest BCUT2D eigenvalue weighted by Gasteiger charge is -2.09. The number of halogens is 2. The molecule has 0 aliphatic rings. The molecular formula is C21H16Cl2N2O4S. The standard InChI is InChI=1S/C21H16Cl2N2O4S/c22-16-7-9-19(10-8-16)30(28,29)13-14-3-1-4-15(11-14)20(26)25-21(27)24-18-6-2-5-17(23)12-18/h1-12H,13H2,(H2,24,25,26,27). The molecule has 2 N–H and O–H groups in total. The van der Waals surface area contributed by atoms with E-state index in [0.717, 1.165) is 0 Å². The lowest BCUT2D eigenvalue weighted by molar-refractivity contribution is 0.0967. The molecule has 0 spiro atoms. The fourth-order valence-corrected chi connectivity index (χ4v) is 4.30. The van der Waals surface area contributed by atoms with Gasteiger partial charge in [0.15, 0.2) is 9.84 Å². The van der Waals surface area contributed by atoms with Crippen LogP contribution in [0.25, 0.3) is 0 Å². The molecule has 0 saturated carbocycles. The smallest absolute Gasteiger partial charge is 0.308 e. The Balaban J connectivity index is 1.69. The molecule has 0 bridgehead atoms. The van der Waals surface area contributed by atoms with Gasteiger partial charge in [0.05, 0.1) is 10.6 Å². The molecule has 3 amide bonds. The highest BCUT2D eigenvalue weighted by Crippen LogP contribution is 2.20. The number of hydrogen-bond donors (Lipinski definition) is 2. The van der Waals surface area contributed by atoms with E-state index in [9.17, 15) is 18.0 Å². The Labute approximate surface area is 183 Å². The number of carbonyl (C=O) groups excluding carboxylic acids is 2. The molecule has 0 aromatic heterocycles. The summed E-state index contributed by atoms with van der Waals surface area (Å²) >= 11 is 11.7. The van der Waals surface area contributed by atoms with Crippen LogP contribution in [0.1, 0.15) is 15.9 Å². The van der Waals surface area contributed by atoms with E-state index in [4.69, 9.17) is 23.2 Å². The minimum atomic E-state index is -3.62. The molecule has 6 nitrogen and oxygen atoms in total. The number of benzene rings is 3. The van der Waals surface area contributed by atoms with Crippen LogP contribution in [-0.4, -0.2) is 20.4 Å². The van der Waals surface area contributed by atoms with Crippen molar-refractivity contribution < 1.29 is 18.0 Å². The van der Waals surface area contributed by atoms with Crippen molar-refractivity contribution in [3.05, 3.63) is 94.0 Å². The van der Waals surface area contributed by atoms with Gasteiger partial charge in [-0.3, -0.25) is 10.1 Å². The van der Waals surface area contributed by atoms with Crippen molar-refractivity contribution in [2.45, 2.75) is 10.6 Å². The third-order valence-corrected chi connectivity index (χ3v) is 6.22. The highest BCUT2D eigenvalue weighted by molar-refractivity contribution is 7.90. The van der Waals surface area contributed by atoms with Crippen LogP contribution >= 0.6 is 23.2 Å². The molecular weight excluding hydrogens is 447 g/mol. The number of amides is 3. The number of nitrogens with one attached hydrogen (secondary N) is 2. The zero-order valence-corrected chi connectivity index (χ0v) is 17.8. The number of rotatable bonds is 5. The first-order valence-electron chi connectivity index (χ1n) is 8.68. The topological polar surface area (TPSA) is 92.3 Å². The summed E-state index contributed by atoms with van der Waals surface area (Å²) in [5.74, 6) is -0.968. The van der Waals surface area contributed by atoms with E-state index < -0.39 is 21.8 Å². The van der Waals surface area contributed by atoms with Crippen molar-refractivity contribution in [2.24, 2.45) is 0 Å². The molecule has 3 aromatic rings. The van der Waals surface area contributed by atoms with Crippen LogP contribution in [0.3, 0.4) is 0 Å². The molecule has 0 heterocycles. The van der Waals surface area contributed by atoms with Crippen molar-refractivity contribution in [3.8, 4) is 0 Å². The maximum atomic E-state index is 12.6. The van der Waals surface area contributed by atoms with E-state index in [1.807, 2.05) is 0 Å². The van der Waals surface area contributed by atoms with Gasteiger partial charge in [-0.25, -0.2) is 13.2 Å². The molecule has 0 aliphatic carbocycles. The quantitative estimate of drug-likeness (QED) is 0.561. The van der Waals surface area contributed by atoms with Gasteiger partial charge in [0, 0.05) is 21.3 Å². The minimum absolute atomic E-state index is 0.127. The maximum absolute atomic E-state index is 12.6. The average molecular weight is 463 g/mol. The predicted octanol–water partition coefficient (Wildman–Crippen LogP) is 4.93. The zero-order valence-electron chi connectivity index (χ0n) is 15.4. The maximum Gasteiger partial charge on any atom is 0.326 e. The Morgan fingerprint density at radius 2 is 1.53 bits per heavy atom. The Morgan fingerprint density at radius 1 is 0.833 bits per heavy atom. The monoisotopic (exact) mass is 462 g/mol. The fraction of sp³-hybridized carbons (Fsp3) is 0.0476. The summed E-state index contributed by atoms with van der Waals surface area (Å²) in [6, 6.07) is 17.6. The first-order chi connectivity index (χ1) is 14.2. The molecule has 0 unspecified atom stereocenters. The number of urea groups is 1. The van der Waals surface area contributed by atoms with Gasteiger partial charge >= 0.3 is 6.03 Å². The van der Waals surface area contributed by atoms with Crippen LogP contribution < -0.4 is 10.6 Å². The van der Waals surface area contributed by atoms with Crippen LogP contribution in [0.2, 0.25) is 10.0 Å². The van der Waals surface area contributed by atoms with Gasteiger partial charge in [-0.2, -0.15) is 0 Å². The first kappa shape index (κ1) is 21.8. The van der Waals surface area contributed by atoms with E-state index in [2.05, 4.69) is 10.6 Å². The molecule has 154 valence electrons. The second-order valence-electron chi connectivity index (χ2n) is 6.33. The summed E-state index contributed by atoms with van der Waals surface area (Å²) in [5, 5.41) is 5.57. The van der Waals surface area contributed by atoms with Gasteiger partial charge in [-0.15, -0.1) is 0 Å². The highest BCUT2D eigenvalue weighted by atomic mass is 35.5. The van der Waals surface area contributed by atoms with Gasteiger partial charge in [0.1, 0.15) is 0 Å². The molecule has 0 fully saturated rings. The summed E-state index contributed by atoms with van der Waals surface area (Å²) in [4.78, 5) is 24.5. The number of hydrogen-bond acceptors (Lipinski definition) is 4. The van der Waals surface area contributed by atoms with Gasteiger partial charge in [-0.1, -0.05) is 41.4 Å². The Bertz CT molecular complexity index is 1200. The first-order valence-corrected chi connectivity index (χ1v) is 11.1. The molecule has 30 heavy (non-hydrogen) atoms. The second-order valence-corrected chi connectivity index (χ2v) is 9.19. The zero-order chi connectivity index (χ0) is 21.7. The van der Waals surface area contributed by atoms with Crippen molar-refractivity contribution >= 4 is 50.7 Å². The van der Waals surface area contributed by atoms with E-state index in [1.165, 1.54) is 42.5 Å². The van der Waals surface area contributed by atoms with Gasteiger partial charge in [-0.05, 0) is 60.2 Å². The van der Waals surface area contributed by atoms with Crippen molar-refractivity contribution in [3.63, 3.8) is 0 Å². The number of imide groups is 1. The Hall–Kier alpha value is -2.87. The lowest BCUT2D eigenvalue weighted by Crippen LogP contribution is -2.34.